The van der Waals surface area contributed by atoms with Crippen molar-refractivity contribution >= 4 is 22.0 Å². The molecule has 2 aliphatic heterocycles. The van der Waals surface area contributed by atoms with Gasteiger partial charge in [-0.25, -0.2) is 8.42 Å². The van der Waals surface area contributed by atoms with E-state index >= 15 is 0 Å². The zero-order valence-corrected chi connectivity index (χ0v) is 20.4. The van der Waals surface area contributed by atoms with Crippen molar-refractivity contribution in [2.24, 2.45) is 0 Å². The monoisotopic (exact) mass is 484 g/mol. The van der Waals surface area contributed by atoms with E-state index in [0.717, 1.165) is 36.8 Å². The first-order chi connectivity index (χ1) is 16.5. The lowest BCUT2D eigenvalue weighted by Gasteiger charge is -2.24. The van der Waals surface area contributed by atoms with Crippen molar-refractivity contribution in [2.45, 2.75) is 44.0 Å². The Bertz CT molecular complexity index is 1120. The zero-order chi connectivity index (χ0) is 24.0. The highest BCUT2D eigenvalue weighted by Gasteiger charge is 2.25. The van der Waals surface area contributed by atoms with Crippen LogP contribution in [0.5, 0.6) is 11.5 Å². The van der Waals surface area contributed by atoms with Gasteiger partial charge in [0.15, 0.2) is 11.5 Å². The molecule has 7 nitrogen and oxygen atoms in total. The van der Waals surface area contributed by atoms with E-state index in [1.54, 1.807) is 39.5 Å². The summed E-state index contributed by atoms with van der Waals surface area (Å²) in [4.78, 5) is 14.9. The standard InChI is InChI=1S/C26H32N2O5S/c1-2-27(20-22-8-7-9-24-26(22)33-19-18-32-24)25(29)15-12-21-10-13-23(14-11-21)34(30,31)28-16-5-3-4-6-17-28/h7-15H,2-6,16-20H2,1H3/b15-12+. The van der Waals surface area contributed by atoms with Gasteiger partial charge in [0.1, 0.15) is 13.2 Å². The molecule has 8 heteroatoms. The summed E-state index contributed by atoms with van der Waals surface area (Å²) in [7, 11) is -3.48. The normalized spacial score (nSPS) is 16.9. The molecular formula is C26H32N2O5S. The van der Waals surface area contributed by atoms with E-state index in [9.17, 15) is 13.2 Å². The highest BCUT2D eigenvalue weighted by molar-refractivity contribution is 7.89. The zero-order valence-electron chi connectivity index (χ0n) is 19.6. The van der Waals surface area contributed by atoms with Crippen LogP contribution in [0, 0.1) is 0 Å². The summed E-state index contributed by atoms with van der Waals surface area (Å²) >= 11 is 0. The maximum atomic E-state index is 12.9. The average molecular weight is 485 g/mol. The van der Waals surface area contributed by atoms with Gasteiger partial charge in [0.05, 0.1) is 4.90 Å². The number of para-hydroxylation sites is 1. The van der Waals surface area contributed by atoms with Crippen LogP contribution in [0.3, 0.4) is 0 Å². The SMILES string of the molecule is CCN(Cc1cccc2c1OCCO2)C(=O)/C=C/c1ccc(S(=O)(=O)N2CCCCCC2)cc1. The molecule has 0 spiro atoms. The minimum atomic E-state index is -3.48. The van der Waals surface area contributed by atoms with Crippen LogP contribution < -0.4 is 9.47 Å². The Kier molecular flexibility index (Phi) is 7.90. The molecule has 0 saturated carbocycles. The molecule has 0 N–H and O–H groups in total. The molecule has 0 unspecified atom stereocenters. The molecule has 34 heavy (non-hydrogen) atoms. The van der Waals surface area contributed by atoms with Gasteiger partial charge in [-0.3, -0.25) is 4.79 Å². The maximum absolute atomic E-state index is 12.9. The number of nitrogens with zero attached hydrogens (tertiary/aromatic N) is 2. The largest absolute Gasteiger partial charge is 0.486 e. The molecule has 0 atom stereocenters. The molecule has 0 aliphatic carbocycles. The van der Waals surface area contributed by atoms with Crippen molar-refractivity contribution < 1.29 is 22.7 Å². The third kappa shape index (κ3) is 5.62. The van der Waals surface area contributed by atoms with Crippen molar-refractivity contribution in [3.05, 3.63) is 59.7 Å². The Morgan fingerprint density at radius 1 is 1.00 bits per heavy atom. The Morgan fingerprint density at radius 2 is 1.71 bits per heavy atom. The lowest BCUT2D eigenvalue weighted by atomic mass is 10.1. The van der Waals surface area contributed by atoms with Gasteiger partial charge in [0.25, 0.3) is 0 Å². The summed E-state index contributed by atoms with van der Waals surface area (Å²) in [5.41, 5.74) is 1.68. The first kappa shape index (κ1) is 24.3. The highest BCUT2D eigenvalue weighted by Crippen LogP contribution is 2.34. The number of fused-ring (bicyclic) bond motifs is 1. The smallest absolute Gasteiger partial charge is 0.246 e. The number of ether oxygens (including phenoxy) is 2. The summed E-state index contributed by atoms with van der Waals surface area (Å²) in [6, 6.07) is 12.4. The van der Waals surface area contributed by atoms with Crippen LogP contribution in [0.1, 0.15) is 43.7 Å². The minimum Gasteiger partial charge on any atom is -0.486 e. The van der Waals surface area contributed by atoms with E-state index < -0.39 is 10.0 Å². The second-order valence-corrected chi connectivity index (χ2v) is 10.5. The van der Waals surface area contributed by atoms with Gasteiger partial charge in [0.2, 0.25) is 15.9 Å². The third-order valence-electron chi connectivity index (χ3n) is 6.20. The molecule has 0 bridgehead atoms. The summed E-state index contributed by atoms with van der Waals surface area (Å²) in [5.74, 6) is 1.28. The van der Waals surface area contributed by atoms with Crippen LogP contribution in [-0.2, 0) is 21.4 Å². The maximum Gasteiger partial charge on any atom is 0.246 e. The summed E-state index contributed by atoms with van der Waals surface area (Å²) in [6.45, 7) is 5.06. The van der Waals surface area contributed by atoms with E-state index in [1.165, 1.54) is 6.08 Å². The van der Waals surface area contributed by atoms with Crippen molar-refractivity contribution in [1.82, 2.24) is 9.21 Å². The number of rotatable bonds is 7. The summed E-state index contributed by atoms with van der Waals surface area (Å²) < 4.78 is 38.9. The number of likely N-dealkylation sites (N-methyl/N-ethyl adjacent to an activating group) is 1. The van der Waals surface area contributed by atoms with E-state index in [0.29, 0.717) is 55.8 Å². The molecule has 0 aromatic heterocycles. The van der Waals surface area contributed by atoms with Crippen molar-refractivity contribution in [3.8, 4) is 11.5 Å². The van der Waals surface area contributed by atoms with Gasteiger partial charge >= 0.3 is 0 Å². The second-order valence-electron chi connectivity index (χ2n) is 8.51. The fourth-order valence-corrected chi connectivity index (χ4v) is 5.78. The van der Waals surface area contributed by atoms with Crippen LogP contribution in [0.4, 0.5) is 0 Å². The number of carbonyl (C=O) groups excluding carboxylic acids is 1. The molecule has 4 rings (SSSR count). The van der Waals surface area contributed by atoms with Crippen LogP contribution in [-0.4, -0.2) is 56.4 Å². The van der Waals surface area contributed by atoms with Gasteiger partial charge in [-0.05, 0) is 49.6 Å². The second kappa shape index (κ2) is 11.1. The Balaban J connectivity index is 1.42. The Hall–Kier alpha value is -2.84. The number of benzene rings is 2. The molecular weight excluding hydrogens is 452 g/mol. The quantitative estimate of drug-likeness (QED) is 0.554. The fourth-order valence-electron chi connectivity index (χ4n) is 4.26. The van der Waals surface area contributed by atoms with Gasteiger partial charge in [-0.15, -0.1) is 0 Å². The lowest BCUT2D eigenvalue weighted by molar-refractivity contribution is -0.126. The van der Waals surface area contributed by atoms with Crippen LogP contribution in [0.2, 0.25) is 0 Å². The number of carbonyl (C=O) groups is 1. The predicted octanol–water partition coefficient (Wildman–Crippen LogP) is 4.08. The predicted molar refractivity (Wildman–Crippen MR) is 131 cm³/mol. The molecule has 182 valence electrons. The van der Waals surface area contributed by atoms with Gasteiger partial charge in [-0.2, -0.15) is 4.31 Å². The van der Waals surface area contributed by atoms with Crippen LogP contribution in [0.15, 0.2) is 53.4 Å². The first-order valence-corrected chi connectivity index (χ1v) is 13.4. The number of hydrogen-bond donors (Lipinski definition) is 0. The van der Waals surface area contributed by atoms with Gasteiger partial charge in [0, 0.05) is 37.8 Å². The summed E-state index contributed by atoms with van der Waals surface area (Å²) in [6.07, 6.45) is 7.20. The van der Waals surface area contributed by atoms with Crippen LogP contribution >= 0.6 is 0 Å². The molecule has 2 heterocycles. The number of amides is 1. The van der Waals surface area contributed by atoms with E-state index in [2.05, 4.69) is 0 Å². The number of hydrogen-bond acceptors (Lipinski definition) is 5. The van der Waals surface area contributed by atoms with Crippen molar-refractivity contribution in [2.75, 3.05) is 32.8 Å². The van der Waals surface area contributed by atoms with E-state index in [-0.39, 0.29) is 5.91 Å². The molecule has 2 aromatic carbocycles. The van der Waals surface area contributed by atoms with Crippen molar-refractivity contribution in [1.29, 1.82) is 0 Å². The fraction of sp³-hybridized carbons (Fsp3) is 0.423. The van der Waals surface area contributed by atoms with Crippen LogP contribution in [0.25, 0.3) is 6.08 Å². The summed E-state index contributed by atoms with van der Waals surface area (Å²) in [5, 5.41) is 0. The molecule has 1 fully saturated rings. The molecule has 1 saturated heterocycles. The lowest BCUT2D eigenvalue weighted by Crippen LogP contribution is -2.31. The van der Waals surface area contributed by atoms with E-state index in [4.69, 9.17) is 9.47 Å². The average Bonchev–Trinajstić information content (AvgIpc) is 3.16. The van der Waals surface area contributed by atoms with E-state index in [1.807, 2.05) is 25.1 Å². The first-order valence-electron chi connectivity index (χ1n) is 11.9. The molecule has 2 aliphatic rings. The Morgan fingerprint density at radius 3 is 2.41 bits per heavy atom. The van der Waals surface area contributed by atoms with Crippen molar-refractivity contribution in [3.63, 3.8) is 0 Å². The third-order valence-corrected chi connectivity index (χ3v) is 8.12. The van der Waals surface area contributed by atoms with Gasteiger partial charge < -0.3 is 14.4 Å². The molecule has 1 amide bonds. The minimum absolute atomic E-state index is 0.127. The van der Waals surface area contributed by atoms with Gasteiger partial charge in [-0.1, -0.05) is 37.1 Å². The Labute approximate surface area is 202 Å². The molecule has 2 aromatic rings. The molecule has 0 radical (unpaired) electrons. The number of sulfonamides is 1. The highest BCUT2D eigenvalue weighted by atomic mass is 32.2. The topological polar surface area (TPSA) is 76.1 Å².